The zero-order chi connectivity index (χ0) is 13.8. The van der Waals surface area contributed by atoms with Gasteiger partial charge in [0, 0.05) is 0 Å². The fourth-order valence-corrected chi connectivity index (χ4v) is 3.75. The molecule has 1 N–H and O–H groups in total. The van der Waals surface area contributed by atoms with E-state index in [1.807, 2.05) is 6.08 Å². The Balaban J connectivity index is 1.91. The van der Waals surface area contributed by atoms with Crippen molar-refractivity contribution in [3.8, 4) is 0 Å². The Hall–Kier alpha value is -1.44. The summed E-state index contributed by atoms with van der Waals surface area (Å²) in [5, 5.41) is 3.41. The third kappa shape index (κ3) is 2.56. The summed E-state index contributed by atoms with van der Waals surface area (Å²) < 4.78 is 0. The first-order valence-electron chi connectivity index (χ1n) is 7.74. The van der Waals surface area contributed by atoms with Gasteiger partial charge in [0.2, 0.25) is 6.08 Å². The van der Waals surface area contributed by atoms with Gasteiger partial charge in [0.1, 0.15) is 0 Å². The Morgan fingerprint density at radius 1 is 1.20 bits per heavy atom. The average molecular weight is 270 g/mol. The molecule has 0 amide bonds. The molecular formula is C17H22N2O. The van der Waals surface area contributed by atoms with Gasteiger partial charge < -0.3 is 5.32 Å². The van der Waals surface area contributed by atoms with Gasteiger partial charge in [-0.15, -0.1) is 0 Å². The van der Waals surface area contributed by atoms with Crippen molar-refractivity contribution in [2.75, 3.05) is 13.1 Å². The lowest BCUT2D eigenvalue weighted by molar-refractivity contribution is 0.447. The molecule has 0 aromatic heterocycles. The van der Waals surface area contributed by atoms with E-state index in [0.717, 1.165) is 38.8 Å². The van der Waals surface area contributed by atoms with E-state index in [4.69, 9.17) is 0 Å². The van der Waals surface area contributed by atoms with Crippen LogP contribution in [0.5, 0.6) is 0 Å². The molecule has 3 heteroatoms. The molecule has 0 radical (unpaired) electrons. The first-order valence-corrected chi connectivity index (χ1v) is 7.74. The van der Waals surface area contributed by atoms with Gasteiger partial charge in [-0.3, -0.25) is 0 Å². The van der Waals surface area contributed by atoms with Gasteiger partial charge >= 0.3 is 0 Å². The summed E-state index contributed by atoms with van der Waals surface area (Å²) in [6.45, 7) is 2.21. The summed E-state index contributed by atoms with van der Waals surface area (Å²) in [6.07, 6.45) is 8.50. The molecule has 1 saturated heterocycles. The minimum atomic E-state index is -0.287. The molecule has 3 rings (SSSR count). The Labute approximate surface area is 120 Å². The largest absolute Gasteiger partial charge is 0.317 e. The fraction of sp³-hybridized carbons (Fsp3) is 0.588. The van der Waals surface area contributed by atoms with E-state index in [2.05, 4.69) is 34.6 Å². The maximum Gasteiger partial charge on any atom is 0.235 e. The van der Waals surface area contributed by atoms with Crippen LogP contribution < -0.4 is 5.32 Å². The smallest absolute Gasteiger partial charge is 0.235 e. The number of isocyanates is 1. The van der Waals surface area contributed by atoms with Crippen LogP contribution >= 0.6 is 0 Å². The number of aliphatic imine (C=N–C) groups is 1. The lowest BCUT2D eigenvalue weighted by Gasteiger charge is -2.27. The van der Waals surface area contributed by atoms with Gasteiger partial charge in [0.15, 0.2) is 0 Å². The maximum atomic E-state index is 10.8. The summed E-state index contributed by atoms with van der Waals surface area (Å²) in [5.74, 6) is 0.648. The van der Waals surface area contributed by atoms with Gasteiger partial charge in [-0.2, -0.15) is 4.99 Å². The molecule has 1 aromatic carbocycles. The van der Waals surface area contributed by atoms with Crippen molar-refractivity contribution in [3.63, 3.8) is 0 Å². The summed E-state index contributed by atoms with van der Waals surface area (Å²) >= 11 is 0. The van der Waals surface area contributed by atoms with Crippen LogP contribution in [0.2, 0.25) is 0 Å². The first-order chi connectivity index (χ1) is 9.84. The lowest BCUT2D eigenvalue weighted by Crippen LogP contribution is -2.27. The second-order valence-electron chi connectivity index (χ2n) is 6.09. The van der Waals surface area contributed by atoms with Crippen LogP contribution in [-0.4, -0.2) is 19.2 Å². The Morgan fingerprint density at radius 2 is 1.95 bits per heavy atom. The monoisotopic (exact) mass is 270 g/mol. The van der Waals surface area contributed by atoms with E-state index < -0.39 is 0 Å². The van der Waals surface area contributed by atoms with E-state index in [0.29, 0.717) is 5.92 Å². The number of hydrogen-bond acceptors (Lipinski definition) is 3. The zero-order valence-corrected chi connectivity index (χ0v) is 11.9. The minimum absolute atomic E-state index is 0.287. The fourth-order valence-electron chi connectivity index (χ4n) is 3.75. The molecule has 2 aliphatic rings. The lowest BCUT2D eigenvalue weighted by atomic mass is 9.84. The van der Waals surface area contributed by atoms with Crippen LogP contribution in [0.4, 0.5) is 0 Å². The molecule has 3 nitrogen and oxygen atoms in total. The quantitative estimate of drug-likeness (QED) is 0.676. The SMILES string of the molecule is O=C=NC1(c2cccc(C3CCNCC3)c2)CCCC1. The normalized spacial score (nSPS) is 22.4. The second kappa shape index (κ2) is 5.90. The molecule has 1 aliphatic carbocycles. The van der Waals surface area contributed by atoms with E-state index >= 15 is 0 Å². The van der Waals surface area contributed by atoms with Crippen molar-refractivity contribution in [2.24, 2.45) is 4.99 Å². The predicted molar refractivity (Wildman–Crippen MR) is 79.6 cm³/mol. The van der Waals surface area contributed by atoms with Gasteiger partial charge in [-0.05, 0) is 55.8 Å². The Kier molecular flexibility index (Phi) is 4.00. The number of carbonyl (C=O) groups excluding carboxylic acids is 1. The minimum Gasteiger partial charge on any atom is -0.317 e. The van der Waals surface area contributed by atoms with Crippen molar-refractivity contribution < 1.29 is 4.79 Å². The summed E-state index contributed by atoms with van der Waals surface area (Å²) in [4.78, 5) is 15.0. The Morgan fingerprint density at radius 3 is 2.65 bits per heavy atom. The Bertz CT molecular complexity index is 507. The molecular weight excluding hydrogens is 248 g/mol. The van der Waals surface area contributed by atoms with E-state index in [1.165, 1.54) is 24.0 Å². The standard InChI is InChI=1S/C17H22N2O/c20-13-19-17(8-1-2-9-17)16-5-3-4-15(12-16)14-6-10-18-11-7-14/h3-5,12,14,18H,1-2,6-11H2. The van der Waals surface area contributed by atoms with Crippen LogP contribution in [0, 0.1) is 0 Å². The third-order valence-corrected chi connectivity index (χ3v) is 4.92. The second-order valence-corrected chi connectivity index (χ2v) is 6.09. The van der Waals surface area contributed by atoms with Crippen LogP contribution in [-0.2, 0) is 10.3 Å². The maximum absolute atomic E-state index is 10.8. The van der Waals surface area contributed by atoms with Gasteiger partial charge in [0.25, 0.3) is 0 Å². The number of rotatable bonds is 3. The van der Waals surface area contributed by atoms with E-state index in [9.17, 15) is 4.79 Å². The molecule has 1 aromatic rings. The molecule has 0 unspecified atom stereocenters. The molecule has 1 saturated carbocycles. The number of piperidine rings is 1. The first kappa shape index (κ1) is 13.5. The highest BCUT2D eigenvalue weighted by atomic mass is 16.1. The van der Waals surface area contributed by atoms with E-state index in [-0.39, 0.29) is 5.54 Å². The van der Waals surface area contributed by atoms with Crippen molar-refractivity contribution in [1.29, 1.82) is 0 Å². The zero-order valence-electron chi connectivity index (χ0n) is 11.9. The number of hydrogen-bond donors (Lipinski definition) is 1. The van der Waals surface area contributed by atoms with Gasteiger partial charge in [-0.1, -0.05) is 37.1 Å². The molecule has 2 fully saturated rings. The van der Waals surface area contributed by atoms with Crippen LogP contribution in [0.25, 0.3) is 0 Å². The van der Waals surface area contributed by atoms with Crippen molar-refractivity contribution in [3.05, 3.63) is 35.4 Å². The van der Waals surface area contributed by atoms with Crippen molar-refractivity contribution >= 4 is 6.08 Å². The van der Waals surface area contributed by atoms with Gasteiger partial charge in [0.05, 0.1) is 5.54 Å². The molecule has 20 heavy (non-hydrogen) atoms. The predicted octanol–water partition coefficient (Wildman–Crippen LogP) is 3.26. The molecule has 1 heterocycles. The molecule has 0 atom stereocenters. The topological polar surface area (TPSA) is 41.5 Å². The molecule has 106 valence electrons. The summed E-state index contributed by atoms with van der Waals surface area (Å²) in [6, 6.07) is 8.79. The highest BCUT2D eigenvalue weighted by Crippen LogP contribution is 2.43. The number of nitrogens with one attached hydrogen (secondary N) is 1. The number of nitrogens with zero attached hydrogens (tertiary/aromatic N) is 1. The van der Waals surface area contributed by atoms with Crippen LogP contribution in [0.1, 0.15) is 55.6 Å². The van der Waals surface area contributed by atoms with Crippen molar-refractivity contribution in [2.45, 2.75) is 50.0 Å². The van der Waals surface area contributed by atoms with Crippen molar-refractivity contribution in [1.82, 2.24) is 5.32 Å². The van der Waals surface area contributed by atoms with Crippen LogP contribution in [0.15, 0.2) is 29.3 Å². The van der Waals surface area contributed by atoms with E-state index in [1.54, 1.807) is 0 Å². The third-order valence-electron chi connectivity index (χ3n) is 4.92. The summed E-state index contributed by atoms with van der Waals surface area (Å²) in [7, 11) is 0. The molecule has 0 spiro atoms. The molecule has 1 aliphatic heterocycles. The highest BCUT2D eigenvalue weighted by molar-refractivity contribution is 5.40. The van der Waals surface area contributed by atoms with Gasteiger partial charge in [-0.25, -0.2) is 4.79 Å². The summed E-state index contributed by atoms with van der Waals surface area (Å²) in [5.41, 5.74) is 2.34. The molecule has 0 bridgehead atoms. The highest BCUT2D eigenvalue weighted by Gasteiger charge is 2.35. The average Bonchev–Trinajstić information content (AvgIpc) is 2.99. The van der Waals surface area contributed by atoms with Crippen LogP contribution in [0.3, 0.4) is 0 Å². The number of benzene rings is 1.